The minimum absolute atomic E-state index is 0.00402. The van der Waals surface area contributed by atoms with Gasteiger partial charge in [-0.05, 0) is 37.3 Å². The number of benzene rings is 1. The van der Waals surface area contributed by atoms with Crippen molar-refractivity contribution in [3.63, 3.8) is 0 Å². The second-order valence-corrected chi connectivity index (χ2v) is 6.56. The van der Waals surface area contributed by atoms with Gasteiger partial charge in [0.15, 0.2) is 0 Å². The maximum atomic E-state index is 12.6. The fourth-order valence-electron chi connectivity index (χ4n) is 2.82. The molecule has 0 aliphatic heterocycles. The minimum atomic E-state index is -0.479. The number of carbonyl (C=O) groups excluding carboxylic acids is 2. The van der Waals surface area contributed by atoms with Gasteiger partial charge in [0, 0.05) is 25.8 Å². The molecule has 1 saturated carbocycles. The Morgan fingerprint density at radius 3 is 2.54 bits per heavy atom. The van der Waals surface area contributed by atoms with E-state index in [0.29, 0.717) is 12.1 Å². The number of hydrogen-bond donors (Lipinski definition) is 2. The summed E-state index contributed by atoms with van der Waals surface area (Å²) >= 11 is 0. The van der Waals surface area contributed by atoms with E-state index in [1.807, 2.05) is 30.3 Å². The van der Waals surface area contributed by atoms with Crippen molar-refractivity contribution in [1.29, 1.82) is 0 Å². The Balaban J connectivity index is 1.80. The highest BCUT2D eigenvalue weighted by Gasteiger charge is 2.25. The van der Waals surface area contributed by atoms with Crippen molar-refractivity contribution in [2.24, 2.45) is 0 Å². The van der Waals surface area contributed by atoms with Gasteiger partial charge in [0.25, 0.3) is 17.4 Å². The van der Waals surface area contributed by atoms with Crippen LogP contribution in [0, 0.1) is 0 Å². The first-order chi connectivity index (χ1) is 12.6. The SMILES string of the molecule is CNC(=O)c1cc(C(=O)NC2CC2)cn(CCCc2ccccc2)c1=O. The van der Waals surface area contributed by atoms with Crippen LogP contribution in [0.25, 0.3) is 0 Å². The Kier molecular flexibility index (Phi) is 5.51. The van der Waals surface area contributed by atoms with Crippen LogP contribution in [0.3, 0.4) is 0 Å². The molecule has 1 aliphatic carbocycles. The molecule has 3 rings (SSSR count). The number of pyridine rings is 1. The van der Waals surface area contributed by atoms with Crippen molar-refractivity contribution in [3.8, 4) is 0 Å². The van der Waals surface area contributed by atoms with Crippen LogP contribution in [0.15, 0.2) is 47.4 Å². The van der Waals surface area contributed by atoms with Crippen LogP contribution < -0.4 is 16.2 Å². The standard InChI is InChI=1S/C20H23N3O3/c1-21-19(25)17-12-15(18(24)22-16-9-10-16)13-23(20(17)26)11-5-8-14-6-3-2-4-7-14/h2-4,6-7,12-13,16H,5,8-11H2,1H3,(H,21,25)(H,22,24). The van der Waals surface area contributed by atoms with Gasteiger partial charge in [0.2, 0.25) is 0 Å². The molecule has 2 aromatic rings. The third-order valence-corrected chi connectivity index (χ3v) is 4.44. The quantitative estimate of drug-likeness (QED) is 0.796. The minimum Gasteiger partial charge on any atom is -0.355 e. The van der Waals surface area contributed by atoms with Crippen LogP contribution in [-0.2, 0) is 13.0 Å². The monoisotopic (exact) mass is 353 g/mol. The van der Waals surface area contributed by atoms with Crippen molar-refractivity contribution >= 4 is 11.8 Å². The predicted octanol–water partition coefficient (Wildman–Crippen LogP) is 1.73. The Morgan fingerprint density at radius 1 is 1.15 bits per heavy atom. The highest BCUT2D eigenvalue weighted by atomic mass is 16.2. The van der Waals surface area contributed by atoms with Crippen LogP contribution in [-0.4, -0.2) is 29.5 Å². The normalized spacial score (nSPS) is 13.3. The molecule has 0 unspecified atom stereocenters. The van der Waals surface area contributed by atoms with Crippen molar-refractivity contribution < 1.29 is 9.59 Å². The van der Waals surface area contributed by atoms with E-state index in [0.717, 1.165) is 25.7 Å². The van der Waals surface area contributed by atoms with E-state index in [9.17, 15) is 14.4 Å². The summed E-state index contributed by atoms with van der Waals surface area (Å²) < 4.78 is 1.47. The van der Waals surface area contributed by atoms with E-state index < -0.39 is 5.91 Å². The van der Waals surface area contributed by atoms with Crippen LogP contribution in [0.1, 0.15) is 45.5 Å². The lowest BCUT2D eigenvalue weighted by atomic mass is 10.1. The highest BCUT2D eigenvalue weighted by Crippen LogP contribution is 2.19. The van der Waals surface area contributed by atoms with Gasteiger partial charge < -0.3 is 15.2 Å². The maximum Gasteiger partial charge on any atom is 0.263 e. The molecule has 0 radical (unpaired) electrons. The number of hydrogen-bond acceptors (Lipinski definition) is 3. The number of aromatic nitrogens is 1. The Labute approximate surface area is 152 Å². The summed E-state index contributed by atoms with van der Waals surface area (Å²) in [4.78, 5) is 37.0. The van der Waals surface area contributed by atoms with Gasteiger partial charge in [0.05, 0.1) is 5.56 Å². The maximum absolute atomic E-state index is 12.6. The molecule has 0 atom stereocenters. The Bertz CT molecular complexity index is 854. The van der Waals surface area contributed by atoms with E-state index in [-0.39, 0.29) is 23.1 Å². The average molecular weight is 353 g/mol. The van der Waals surface area contributed by atoms with Gasteiger partial charge in [0.1, 0.15) is 5.56 Å². The zero-order valence-corrected chi connectivity index (χ0v) is 14.8. The average Bonchev–Trinajstić information content (AvgIpc) is 3.47. The molecule has 0 spiro atoms. The largest absolute Gasteiger partial charge is 0.355 e. The van der Waals surface area contributed by atoms with Gasteiger partial charge >= 0.3 is 0 Å². The molecular weight excluding hydrogens is 330 g/mol. The first kappa shape index (κ1) is 17.9. The second-order valence-electron chi connectivity index (χ2n) is 6.56. The van der Waals surface area contributed by atoms with Crippen LogP contribution in [0.2, 0.25) is 0 Å². The lowest BCUT2D eigenvalue weighted by Crippen LogP contribution is -2.34. The van der Waals surface area contributed by atoms with E-state index in [4.69, 9.17) is 0 Å². The molecule has 6 heteroatoms. The highest BCUT2D eigenvalue weighted by molar-refractivity contribution is 5.99. The molecule has 136 valence electrons. The molecule has 0 bridgehead atoms. The Hall–Kier alpha value is -2.89. The van der Waals surface area contributed by atoms with Crippen molar-refractivity contribution in [2.45, 2.75) is 38.3 Å². The molecule has 6 nitrogen and oxygen atoms in total. The smallest absolute Gasteiger partial charge is 0.263 e. The van der Waals surface area contributed by atoms with Crippen molar-refractivity contribution in [2.75, 3.05) is 7.05 Å². The second kappa shape index (κ2) is 7.99. The van der Waals surface area contributed by atoms with Gasteiger partial charge in [-0.3, -0.25) is 14.4 Å². The number of aryl methyl sites for hydroxylation is 2. The summed E-state index contributed by atoms with van der Waals surface area (Å²) in [5.74, 6) is -0.720. The molecule has 0 saturated heterocycles. The lowest BCUT2D eigenvalue weighted by molar-refractivity contribution is 0.0950. The first-order valence-corrected chi connectivity index (χ1v) is 8.90. The molecule has 1 aromatic carbocycles. The third kappa shape index (κ3) is 4.39. The zero-order chi connectivity index (χ0) is 18.5. The molecule has 2 N–H and O–H groups in total. The summed E-state index contributed by atoms with van der Waals surface area (Å²) in [6.07, 6.45) is 5.07. The predicted molar refractivity (Wildman–Crippen MR) is 99.3 cm³/mol. The first-order valence-electron chi connectivity index (χ1n) is 8.90. The molecule has 2 amide bonds. The van der Waals surface area contributed by atoms with E-state index in [1.54, 1.807) is 6.20 Å². The summed E-state index contributed by atoms with van der Waals surface area (Å²) in [5.41, 5.74) is 1.15. The van der Waals surface area contributed by atoms with Crippen LogP contribution in [0.4, 0.5) is 0 Å². The summed E-state index contributed by atoms with van der Waals surface area (Å²) in [6, 6.07) is 11.6. The molecule has 1 heterocycles. The summed E-state index contributed by atoms with van der Waals surface area (Å²) in [5, 5.41) is 5.36. The van der Waals surface area contributed by atoms with Crippen LogP contribution in [0.5, 0.6) is 0 Å². The summed E-state index contributed by atoms with van der Waals surface area (Å²) in [7, 11) is 1.47. The number of amides is 2. The van der Waals surface area contributed by atoms with E-state index in [1.165, 1.54) is 23.2 Å². The van der Waals surface area contributed by atoms with E-state index in [2.05, 4.69) is 10.6 Å². The summed E-state index contributed by atoms with van der Waals surface area (Å²) in [6.45, 7) is 0.447. The lowest BCUT2D eigenvalue weighted by Gasteiger charge is -2.11. The molecule has 1 aromatic heterocycles. The van der Waals surface area contributed by atoms with Gasteiger partial charge in [-0.25, -0.2) is 0 Å². The van der Waals surface area contributed by atoms with Gasteiger partial charge in [-0.15, -0.1) is 0 Å². The molecule has 1 aliphatic rings. The molecule has 26 heavy (non-hydrogen) atoms. The molecular formula is C20H23N3O3. The molecule has 1 fully saturated rings. The topological polar surface area (TPSA) is 80.2 Å². The number of nitrogens with one attached hydrogen (secondary N) is 2. The number of carbonyl (C=O) groups is 2. The van der Waals surface area contributed by atoms with E-state index >= 15 is 0 Å². The Morgan fingerprint density at radius 2 is 1.88 bits per heavy atom. The fraction of sp³-hybridized carbons (Fsp3) is 0.350. The fourth-order valence-corrected chi connectivity index (χ4v) is 2.82. The van der Waals surface area contributed by atoms with Crippen molar-refractivity contribution in [3.05, 3.63) is 69.6 Å². The van der Waals surface area contributed by atoms with Crippen LogP contribution >= 0.6 is 0 Å². The number of rotatable bonds is 7. The van der Waals surface area contributed by atoms with Gasteiger partial charge in [-0.2, -0.15) is 0 Å². The number of nitrogens with zero attached hydrogens (tertiary/aromatic N) is 1. The van der Waals surface area contributed by atoms with Crippen molar-refractivity contribution in [1.82, 2.24) is 15.2 Å². The van der Waals surface area contributed by atoms with Gasteiger partial charge in [-0.1, -0.05) is 30.3 Å². The third-order valence-electron chi connectivity index (χ3n) is 4.44. The zero-order valence-electron chi connectivity index (χ0n) is 14.8.